The van der Waals surface area contributed by atoms with Crippen LogP contribution in [-0.2, 0) is 28.9 Å². The number of rotatable bonds is 5. The molecule has 0 unspecified atom stereocenters. The van der Waals surface area contributed by atoms with Crippen molar-refractivity contribution in [1.82, 2.24) is 14.9 Å². The smallest absolute Gasteiger partial charge is 0.336 e. The van der Waals surface area contributed by atoms with Gasteiger partial charge in [0.1, 0.15) is 17.2 Å². The lowest BCUT2D eigenvalue weighted by Crippen LogP contribution is -2.58. The van der Waals surface area contributed by atoms with Crippen LogP contribution in [0.3, 0.4) is 0 Å². The van der Waals surface area contributed by atoms with Gasteiger partial charge in [0.2, 0.25) is 5.91 Å². The Morgan fingerprint density at radius 3 is 2.31 bits per heavy atom. The van der Waals surface area contributed by atoms with Crippen LogP contribution in [0.1, 0.15) is 43.9 Å². The van der Waals surface area contributed by atoms with E-state index in [0.717, 1.165) is 18.9 Å². The van der Waals surface area contributed by atoms with Gasteiger partial charge in [-0.05, 0) is 55.5 Å². The van der Waals surface area contributed by atoms with E-state index in [1.54, 1.807) is 4.90 Å². The second kappa shape index (κ2) is 11.0. The molecule has 42 heavy (non-hydrogen) atoms. The zero-order valence-electron chi connectivity index (χ0n) is 22.8. The summed E-state index contributed by atoms with van der Waals surface area (Å²) < 4.78 is 53.4. The number of H-pyrrole nitrogens is 1. The number of carbonyl (C=O) groups is 3. The van der Waals surface area contributed by atoms with Gasteiger partial charge >= 0.3 is 17.7 Å². The first-order valence-corrected chi connectivity index (χ1v) is 13.2. The standard InChI is InChI=1S/C29H26F4N4O5/c1-16-17(2)26(39)34-37(42-28(41)29(31,32)33)24(16)12-18-7-8-23(30)22(11-18)27(40)35-9-10-36(25(38)15-35)21-13-19-5-3-4-6-20(19)14-21/h3-8,11,21H,9-10,12-15H2,1-2H3/p+1. The maximum absolute atomic E-state index is 14.9. The second-order valence-electron chi connectivity index (χ2n) is 10.4. The molecule has 0 bridgehead atoms. The first kappa shape index (κ1) is 29.0. The van der Waals surface area contributed by atoms with Crippen molar-refractivity contribution in [2.45, 2.75) is 45.3 Å². The Kier molecular flexibility index (Phi) is 7.60. The summed E-state index contributed by atoms with van der Waals surface area (Å²) in [6.07, 6.45) is -4.08. The van der Waals surface area contributed by atoms with Crippen molar-refractivity contribution in [3.63, 3.8) is 0 Å². The Bertz CT molecular complexity index is 1630. The molecular weight excluding hydrogens is 560 g/mol. The summed E-state index contributed by atoms with van der Waals surface area (Å²) in [6.45, 7) is 3.17. The van der Waals surface area contributed by atoms with Gasteiger partial charge in [0, 0.05) is 30.3 Å². The number of halogens is 4. The topological polar surface area (TPSA) is 104 Å². The van der Waals surface area contributed by atoms with Gasteiger partial charge in [0.05, 0.1) is 12.0 Å². The van der Waals surface area contributed by atoms with E-state index < -0.39 is 29.4 Å². The lowest BCUT2D eigenvalue weighted by Gasteiger charge is -2.37. The molecular formula is C29H27F4N4O5+. The van der Waals surface area contributed by atoms with Crippen molar-refractivity contribution < 1.29 is 41.6 Å². The summed E-state index contributed by atoms with van der Waals surface area (Å²) >= 11 is 0. The number of nitrogens with zero attached hydrogens (tertiary/aromatic N) is 3. The molecule has 1 saturated heterocycles. The van der Waals surface area contributed by atoms with Crippen molar-refractivity contribution in [2.75, 3.05) is 19.6 Å². The zero-order chi connectivity index (χ0) is 30.3. The third-order valence-electron chi connectivity index (χ3n) is 7.84. The number of fused-ring (bicyclic) bond motifs is 1. The van der Waals surface area contributed by atoms with E-state index in [1.807, 2.05) is 24.3 Å². The van der Waals surface area contributed by atoms with Crippen LogP contribution in [0.15, 0.2) is 47.3 Å². The molecule has 0 atom stereocenters. The van der Waals surface area contributed by atoms with E-state index in [1.165, 1.54) is 42.0 Å². The SMILES string of the molecule is Cc1c(C)c(=O)[nH][n+](OC(=O)C(F)(F)F)c1Cc1ccc(F)c(C(=O)N2CCN(C3Cc4ccccc4C3)C(=O)C2)c1. The van der Waals surface area contributed by atoms with Crippen molar-refractivity contribution >= 4 is 17.8 Å². The van der Waals surface area contributed by atoms with Gasteiger partial charge in [-0.3, -0.25) is 14.4 Å². The van der Waals surface area contributed by atoms with E-state index in [9.17, 15) is 36.7 Å². The molecule has 0 radical (unpaired) electrons. The number of carbonyl (C=O) groups excluding carboxylic acids is 3. The molecule has 2 heterocycles. The van der Waals surface area contributed by atoms with E-state index in [4.69, 9.17) is 0 Å². The number of hydrogen-bond donors (Lipinski definition) is 1. The quantitative estimate of drug-likeness (QED) is 0.364. The first-order chi connectivity index (χ1) is 19.8. The molecule has 2 aromatic carbocycles. The van der Waals surface area contributed by atoms with Gasteiger partial charge in [0.25, 0.3) is 11.6 Å². The number of alkyl halides is 3. The Labute approximate surface area is 237 Å². The molecule has 13 heteroatoms. The van der Waals surface area contributed by atoms with Crippen LogP contribution in [-0.4, -0.2) is 64.5 Å². The summed E-state index contributed by atoms with van der Waals surface area (Å²) in [7, 11) is 0. The average Bonchev–Trinajstić information content (AvgIpc) is 3.38. The molecule has 1 fully saturated rings. The van der Waals surface area contributed by atoms with Gasteiger partial charge < -0.3 is 9.80 Å². The molecule has 3 aromatic rings. The molecule has 220 valence electrons. The number of nitrogens with one attached hydrogen (secondary N) is 1. The first-order valence-electron chi connectivity index (χ1n) is 13.2. The van der Waals surface area contributed by atoms with Crippen molar-refractivity contribution in [1.29, 1.82) is 0 Å². The van der Waals surface area contributed by atoms with Crippen LogP contribution >= 0.6 is 0 Å². The lowest BCUT2D eigenvalue weighted by molar-refractivity contribution is -0.921. The molecule has 1 aliphatic carbocycles. The fourth-order valence-corrected chi connectivity index (χ4v) is 5.41. The Hall–Kier alpha value is -4.55. The third-order valence-corrected chi connectivity index (χ3v) is 7.84. The van der Waals surface area contributed by atoms with Gasteiger partial charge in [-0.25, -0.2) is 9.18 Å². The number of amides is 2. The third kappa shape index (κ3) is 5.63. The van der Waals surface area contributed by atoms with Crippen LogP contribution in [0.4, 0.5) is 17.6 Å². The minimum absolute atomic E-state index is 0.00521. The van der Waals surface area contributed by atoms with Gasteiger partial charge in [-0.15, -0.1) is 0 Å². The summed E-state index contributed by atoms with van der Waals surface area (Å²) in [5.74, 6) is -4.33. The Morgan fingerprint density at radius 2 is 1.69 bits per heavy atom. The van der Waals surface area contributed by atoms with E-state index in [2.05, 4.69) is 9.94 Å². The highest BCUT2D eigenvalue weighted by Crippen LogP contribution is 2.27. The summed E-state index contributed by atoms with van der Waals surface area (Å²) in [4.78, 5) is 57.8. The number of aromatic nitrogens is 2. The highest BCUT2D eigenvalue weighted by atomic mass is 19.4. The van der Waals surface area contributed by atoms with Gasteiger partial charge in [0.15, 0.2) is 0 Å². The normalized spacial score (nSPS) is 15.6. The van der Waals surface area contributed by atoms with E-state index >= 15 is 0 Å². The van der Waals surface area contributed by atoms with Crippen LogP contribution in [0, 0.1) is 19.7 Å². The second-order valence-corrected chi connectivity index (χ2v) is 10.4. The Balaban J connectivity index is 1.34. The lowest BCUT2D eigenvalue weighted by atomic mass is 10.0. The maximum Gasteiger partial charge on any atom is 0.498 e. The number of piperazine rings is 1. The maximum atomic E-state index is 14.9. The van der Waals surface area contributed by atoms with E-state index in [0.29, 0.717) is 17.0 Å². The Morgan fingerprint density at radius 1 is 1.02 bits per heavy atom. The predicted octanol–water partition coefficient (Wildman–Crippen LogP) is 1.98. The molecule has 1 aliphatic heterocycles. The van der Waals surface area contributed by atoms with Crippen molar-refractivity contribution in [3.05, 3.63) is 97.7 Å². The largest absolute Gasteiger partial charge is 0.498 e. The highest BCUT2D eigenvalue weighted by Gasteiger charge is 2.46. The average molecular weight is 588 g/mol. The van der Waals surface area contributed by atoms with Crippen LogP contribution < -0.4 is 15.2 Å². The number of benzene rings is 2. The van der Waals surface area contributed by atoms with Gasteiger partial charge in [-0.1, -0.05) is 35.4 Å². The summed E-state index contributed by atoms with van der Waals surface area (Å²) in [6, 6.07) is 11.6. The number of hydrogen-bond acceptors (Lipinski definition) is 5. The summed E-state index contributed by atoms with van der Waals surface area (Å²) in [5.41, 5.74) is 1.97. The molecule has 2 aliphatic rings. The van der Waals surface area contributed by atoms with Crippen LogP contribution in [0.25, 0.3) is 0 Å². The molecule has 5 rings (SSSR count). The molecule has 0 saturated carbocycles. The summed E-state index contributed by atoms with van der Waals surface area (Å²) in [5, 5.41) is 2.07. The minimum atomic E-state index is -5.32. The van der Waals surface area contributed by atoms with Gasteiger partial charge in [-0.2, -0.15) is 18.0 Å². The monoisotopic (exact) mass is 587 g/mol. The van der Waals surface area contributed by atoms with Crippen LogP contribution in [0.5, 0.6) is 0 Å². The molecule has 1 N–H and O–H groups in total. The molecule has 1 aromatic heterocycles. The highest BCUT2D eigenvalue weighted by molar-refractivity contribution is 5.97. The zero-order valence-corrected chi connectivity index (χ0v) is 22.8. The van der Waals surface area contributed by atoms with Crippen molar-refractivity contribution in [2.24, 2.45) is 0 Å². The fourth-order valence-electron chi connectivity index (χ4n) is 5.41. The van der Waals surface area contributed by atoms with E-state index in [-0.39, 0.29) is 53.8 Å². The predicted molar refractivity (Wildman–Crippen MR) is 139 cm³/mol. The minimum Gasteiger partial charge on any atom is -0.336 e. The molecule has 0 spiro atoms. The fraction of sp³-hybridized carbons (Fsp3) is 0.345. The molecule has 2 amide bonds. The number of aromatic amines is 1. The molecule has 9 nitrogen and oxygen atoms in total. The van der Waals surface area contributed by atoms with Crippen molar-refractivity contribution in [3.8, 4) is 0 Å². The van der Waals surface area contributed by atoms with Crippen LogP contribution in [0.2, 0.25) is 0 Å².